The molecular formula is C21H23N3OS2. The molecule has 140 valence electrons. The van der Waals surface area contributed by atoms with Crippen LogP contribution in [0, 0.1) is 6.92 Å². The summed E-state index contributed by atoms with van der Waals surface area (Å²) in [6.07, 6.45) is 2.46. The van der Waals surface area contributed by atoms with Crippen molar-refractivity contribution in [2.45, 2.75) is 25.8 Å². The molecule has 0 unspecified atom stereocenters. The predicted molar refractivity (Wildman–Crippen MR) is 112 cm³/mol. The molecule has 1 aliphatic rings. The van der Waals surface area contributed by atoms with Crippen LogP contribution in [-0.4, -0.2) is 35.4 Å². The molecule has 6 heteroatoms. The highest BCUT2D eigenvalue weighted by molar-refractivity contribution is 7.22. The number of nitrogens with zero attached hydrogens (tertiary/aromatic N) is 2. The van der Waals surface area contributed by atoms with Crippen molar-refractivity contribution in [3.8, 4) is 9.88 Å². The summed E-state index contributed by atoms with van der Waals surface area (Å²) in [5, 5.41) is 6.12. The number of likely N-dealkylation sites (tertiary alicyclic amines) is 1. The van der Waals surface area contributed by atoms with Crippen LogP contribution in [0.1, 0.15) is 39.8 Å². The van der Waals surface area contributed by atoms with Crippen LogP contribution in [-0.2, 0) is 0 Å². The minimum Gasteiger partial charge on any atom is -0.349 e. The first-order valence-corrected chi connectivity index (χ1v) is 11.0. The third kappa shape index (κ3) is 4.13. The van der Waals surface area contributed by atoms with Gasteiger partial charge in [-0.2, -0.15) is 0 Å². The minimum atomic E-state index is -0.0204. The second kappa shape index (κ2) is 8.33. The van der Waals surface area contributed by atoms with E-state index in [1.165, 1.54) is 29.7 Å². The van der Waals surface area contributed by atoms with E-state index in [1.807, 2.05) is 30.5 Å². The standard InChI is InChI=1S/C21H23N3OS2/c1-15-19(27-21(23-15)18-10-7-13-26-18)20(25)22-14-17(24-11-5-6-12-24)16-8-3-2-4-9-16/h2-4,7-10,13,17H,5-6,11-12,14H2,1H3,(H,22,25)/t17-/m1/s1. The smallest absolute Gasteiger partial charge is 0.263 e. The van der Waals surface area contributed by atoms with Crippen LogP contribution >= 0.6 is 22.7 Å². The van der Waals surface area contributed by atoms with Crippen molar-refractivity contribution in [2.75, 3.05) is 19.6 Å². The van der Waals surface area contributed by atoms with Crippen molar-refractivity contribution in [1.82, 2.24) is 15.2 Å². The lowest BCUT2D eigenvalue weighted by Gasteiger charge is -2.28. The first-order valence-electron chi connectivity index (χ1n) is 9.31. The Morgan fingerprint density at radius 3 is 2.67 bits per heavy atom. The number of benzene rings is 1. The maximum absolute atomic E-state index is 12.8. The Balaban J connectivity index is 1.48. The summed E-state index contributed by atoms with van der Waals surface area (Å²) in [4.78, 5) is 21.7. The molecule has 0 radical (unpaired) electrons. The summed E-state index contributed by atoms with van der Waals surface area (Å²) in [5.74, 6) is -0.0204. The molecule has 4 nitrogen and oxygen atoms in total. The van der Waals surface area contributed by atoms with Crippen LogP contribution in [0.4, 0.5) is 0 Å². The van der Waals surface area contributed by atoms with Crippen molar-refractivity contribution in [3.05, 3.63) is 64.0 Å². The quantitative estimate of drug-likeness (QED) is 0.653. The largest absolute Gasteiger partial charge is 0.349 e. The SMILES string of the molecule is Cc1nc(-c2cccs2)sc1C(=O)NC[C@H](c1ccccc1)N1CCCC1. The highest BCUT2D eigenvalue weighted by Gasteiger charge is 2.25. The van der Waals surface area contributed by atoms with E-state index in [0.717, 1.165) is 28.7 Å². The van der Waals surface area contributed by atoms with Gasteiger partial charge in [0.2, 0.25) is 0 Å². The van der Waals surface area contributed by atoms with Gasteiger partial charge in [-0.1, -0.05) is 36.4 Å². The molecular weight excluding hydrogens is 374 g/mol. The lowest BCUT2D eigenvalue weighted by Crippen LogP contribution is -2.36. The molecule has 3 heterocycles. The molecule has 2 aromatic heterocycles. The number of carbonyl (C=O) groups excluding carboxylic acids is 1. The normalized spacial score (nSPS) is 15.7. The summed E-state index contributed by atoms with van der Waals surface area (Å²) in [5.41, 5.74) is 2.07. The van der Waals surface area contributed by atoms with Crippen molar-refractivity contribution < 1.29 is 4.79 Å². The van der Waals surface area contributed by atoms with Gasteiger partial charge in [-0.3, -0.25) is 9.69 Å². The number of aryl methyl sites for hydroxylation is 1. The first-order chi connectivity index (χ1) is 13.2. The van der Waals surface area contributed by atoms with Gasteiger partial charge in [0.15, 0.2) is 0 Å². The van der Waals surface area contributed by atoms with Gasteiger partial charge in [0, 0.05) is 6.54 Å². The number of carbonyl (C=O) groups is 1. The fourth-order valence-electron chi connectivity index (χ4n) is 3.57. The van der Waals surface area contributed by atoms with Gasteiger partial charge < -0.3 is 5.32 Å². The fraction of sp³-hybridized carbons (Fsp3) is 0.333. The van der Waals surface area contributed by atoms with E-state index in [4.69, 9.17) is 0 Å². The van der Waals surface area contributed by atoms with Crippen LogP contribution < -0.4 is 5.32 Å². The molecule has 0 spiro atoms. The number of nitrogens with one attached hydrogen (secondary N) is 1. The Hall–Kier alpha value is -2.02. The number of thiazole rings is 1. The topological polar surface area (TPSA) is 45.2 Å². The van der Waals surface area contributed by atoms with E-state index in [1.54, 1.807) is 11.3 Å². The number of aromatic nitrogens is 1. The molecule has 0 bridgehead atoms. The summed E-state index contributed by atoms with van der Waals surface area (Å²) in [6, 6.07) is 14.8. The Morgan fingerprint density at radius 2 is 1.96 bits per heavy atom. The summed E-state index contributed by atoms with van der Waals surface area (Å²) in [6.45, 7) is 4.72. The Labute approximate surface area is 167 Å². The van der Waals surface area contributed by atoms with Crippen LogP contribution in [0.2, 0.25) is 0 Å². The number of amides is 1. The van der Waals surface area contributed by atoms with Gasteiger partial charge in [0.1, 0.15) is 9.88 Å². The van der Waals surface area contributed by atoms with Crippen LogP contribution in [0.25, 0.3) is 9.88 Å². The molecule has 0 saturated carbocycles. The molecule has 1 aliphatic heterocycles. The van der Waals surface area contributed by atoms with E-state index >= 15 is 0 Å². The minimum absolute atomic E-state index is 0.0204. The first kappa shape index (κ1) is 18.3. The molecule has 1 saturated heterocycles. The summed E-state index contributed by atoms with van der Waals surface area (Å²) < 4.78 is 0. The lowest BCUT2D eigenvalue weighted by molar-refractivity contribution is 0.0941. The van der Waals surface area contributed by atoms with Gasteiger partial charge in [-0.25, -0.2) is 4.98 Å². The fourth-order valence-corrected chi connectivity index (χ4v) is 5.35. The van der Waals surface area contributed by atoms with Crippen LogP contribution in [0.5, 0.6) is 0 Å². The van der Waals surface area contributed by atoms with Crippen molar-refractivity contribution in [1.29, 1.82) is 0 Å². The maximum Gasteiger partial charge on any atom is 0.263 e. The molecule has 4 rings (SSSR count). The summed E-state index contributed by atoms with van der Waals surface area (Å²) >= 11 is 3.13. The van der Waals surface area contributed by atoms with Crippen LogP contribution in [0.3, 0.4) is 0 Å². The highest BCUT2D eigenvalue weighted by Crippen LogP contribution is 2.31. The van der Waals surface area contributed by atoms with Gasteiger partial charge in [0.25, 0.3) is 5.91 Å². The maximum atomic E-state index is 12.8. The number of thiophene rings is 1. The van der Waals surface area contributed by atoms with Gasteiger partial charge in [0.05, 0.1) is 16.6 Å². The third-order valence-corrected chi connectivity index (χ3v) is 7.15. The number of rotatable bonds is 6. The monoisotopic (exact) mass is 397 g/mol. The van der Waals surface area contributed by atoms with Gasteiger partial charge in [-0.05, 0) is 49.9 Å². The number of hydrogen-bond acceptors (Lipinski definition) is 5. The molecule has 1 amide bonds. The zero-order valence-corrected chi connectivity index (χ0v) is 17.0. The van der Waals surface area contributed by atoms with E-state index in [9.17, 15) is 4.79 Å². The Kier molecular flexibility index (Phi) is 5.66. The summed E-state index contributed by atoms with van der Waals surface area (Å²) in [7, 11) is 0. The second-order valence-electron chi connectivity index (χ2n) is 6.79. The van der Waals surface area contributed by atoms with E-state index in [-0.39, 0.29) is 11.9 Å². The molecule has 1 atom stereocenters. The zero-order chi connectivity index (χ0) is 18.6. The molecule has 1 aromatic carbocycles. The number of hydrogen-bond donors (Lipinski definition) is 1. The lowest BCUT2D eigenvalue weighted by atomic mass is 10.1. The van der Waals surface area contributed by atoms with Crippen molar-refractivity contribution >= 4 is 28.6 Å². The third-order valence-electron chi connectivity index (χ3n) is 4.96. The van der Waals surface area contributed by atoms with Gasteiger partial charge >= 0.3 is 0 Å². The van der Waals surface area contributed by atoms with Crippen LogP contribution in [0.15, 0.2) is 47.8 Å². The molecule has 3 aromatic rings. The van der Waals surface area contributed by atoms with E-state index in [2.05, 4.69) is 39.5 Å². The Morgan fingerprint density at radius 1 is 1.19 bits per heavy atom. The predicted octanol–water partition coefficient (Wildman–Crippen LogP) is 4.75. The van der Waals surface area contributed by atoms with E-state index < -0.39 is 0 Å². The Bertz CT molecular complexity index is 884. The molecule has 1 N–H and O–H groups in total. The molecule has 27 heavy (non-hydrogen) atoms. The zero-order valence-electron chi connectivity index (χ0n) is 15.4. The van der Waals surface area contributed by atoms with Crippen molar-refractivity contribution in [3.63, 3.8) is 0 Å². The average Bonchev–Trinajstić information content (AvgIpc) is 3.44. The van der Waals surface area contributed by atoms with E-state index in [0.29, 0.717) is 11.4 Å². The average molecular weight is 398 g/mol. The highest BCUT2D eigenvalue weighted by atomic mass is 32.1. The molecule has 0 aliphatic carbocycles. The van der Waals surface area contributed by atoms with Gasteiger partial charge in [-0.15, -0.1) is 22.7 Å². The molecule has 1 fully saturated rings. The van der Waals surface area contributed by atoms with Crippen molar-refractivity contribution in [2.24, 2.45) is 0 Å². The second-order valence-corrected chi connectivity index (χ2v) is 8.74.